The summed E-state index contributed by atoms with van der Waals surface area (Å²) >= 11 is 5.78. The minimum absolute atomic E-state index is 0.107. The maximum absolute atomic E-state index is 13.2. The van der Waals surface area contributed by atoms with Gasteiger partial charge in [-0.25, -0.2) is 9.38 Å². The molecule has 0 atom stereocenters. The quantitative estimate of drug-likeness (QED) is 0.449. The number of nitrogens with one attached hydrogen (secondary N) is 2. The van der Waals surface area contributed by atoms with Crippen LogP contribution < -0.4 is 10.6 Å². The molecular weight excluding hydrogens is 331 g/mol. The van der Waals surface area contributed by atoms with Crippen LogP contribution in [0.3, 0.4) is 0 Å². The van der Waals surface area contributed by atoms with E-state index in [1.54, 1.807) is 12.1 Å². The molecule has 0 unspecified atom stereocenters. The summed E-state index contributed by atoms with van der Waals surface area (Å²) in [4.78, 5) is 17.9. The van der Waals surface area contributed by atoms with Crippen LogP contribution in [0.2, 0.25) is 5.02 Å². The molecule has 132 valence electrons. The Hall–Kier alpha value is -1.82. The van der Waals surface area contributed by atoms with E-state index in [-0.39, 0.29) is 10.9 Å². The Morgan fingerprint density at radius 1 is 1.42 bits per heavy atom. The molecule has 7 heteroatoms. The van der Waals surface area contributed by atoms with Gasteiger partial charge >= 0.3 is 0 Å². The molecule has 0 bridgehead atoms. The van der Waals surface area contributed by atoms with Gasteiger partial charge in [-0.2, -0.15) is 0 Å². The van der Waals surface area contributed by atoms with E-state index in [2.05, 4.69) is 15.6 Å². The maximum Gasteiger partial charge on any atom is 0.222 e. The Balaban J connectivity index is 1.79. The number of amides is 1. The van der Waals surface area contributed by atoms with Gasteiger partial charge in [0.05, 0.1) is 11.6 Å². The van der Waals surface area contributed by atoms with Gasteiger partial charge in [0.1, 0.15) is 5.82 Å². The van der Waals surface area contributed by atoms with Crippen molar-refractivity contribution in [3.05, 3.63) is 34.6 Å². The van der Waals surface area contributed by atoms with Crippen LogP contribution in [0.4, 0.5) is 4.39 Å². The summed E-state index contributed by atoms with van der Waals surface area (Å²) in [6, 6.07) is 4.61. The molecule has 0 aliphatic carbocycles. The molecule has 1 aromatic carbocycles. The molecule has 1 amide bonds. The summed E-state index contributed by atoms with van der Waals surface area (Å²) in [6.07, 6.45) is 2.52. The number of hydrogen-bond acceptors (Lipinski definition) is 2. The van der Waals surface area contributed by atoms with Gasteiger partial charge < -0.3 is 15.5 Å². The predicted molar refractivity (Wildman–Crippen MR) is 94.7 cm³/mol. The molecule has 1 fully saturated rings. The van der Waals surface area contributed by atoms with Crippen LogP contribution in [0, 0.1) is 5.82 Å². The highest BCUT2D eigenvalue weighted by molar-refractivity contribution is 6.30. The number of aliphatic imine (C=N–C) groups is 1. The first-order chi connectivity index (χ1) is 11.6. The van der Waals surface area contributed by atoms with Crippen LogP contribution in [0.5, 0.6) is 0 Å². The van der Waals surface area contributed by atoms with E-state index in [1.165, 1.54) is 6.07 Å². The first kappa shape index (κ1) is 18.5. The topological polar surface area (TPSA) is 56.7 Å². The zero-order chi connectivity index (χ0) is 17.4. The van der Waals surface area contributed by atoms with Crippen molar-refractivity contribution in [1.29, 1.82) is 0 Å². The number of halogens is 2. The SMILES string of the molecule is CCNC(=NCc1ccc(F)c(Cl)c1)NCCCN1CCCC1=O. The number of likely N-dealkylation sites (tertiary alicyclic amines) is 1. The van der Waals surface area contributed by atoms with Gasteiger partial charge in [-0.15, -0.1) is 0 Å². The first-order valence-corrected chi connectivity index (χ1v) is 8.72. The van der Waals surface area contributed by atoms with E-state index in [0.717, 1.165) is 44.6 Å². The van der Waals surface area contributed by atoms with E-state index < -0.39 is 5.82 Å². The zero-order valence-corrected chi connectivity index (χ0v) is 14.7. The van der Waals surface area contributed by atoms with Gasteiger partial charge in [-0.1, -0.05) is 17.7 Å². The number of nitrogens with zero attached hydrogens (tertiary/aromatic N) is 2. The molecule has 1 aliphatic rings. The minimum Gasteiger partial charge on any atom is -0.357 e. The molecule has 0 radical (unpaired) electrons. The summed E-state index contributed by atoms with van der Waals surface area (Å²) in [5, 5.41) is 6.52. The van der Waals surface area contributed by atoms with Crippen molar-refractivity contribution >= 4 is 23.5 Å². The van der Waals surface area contributed by atoms with Crippen LogP contribution in [0.1, 0.15) is 31.7 Å². The van der Waals surface area contributed by atoms with Crippen molar-refractivity contribution in [1.82, 2.24) is 15.5 Å². The third-order valence-corrected chi connectivity index (χ3v) is 4.11. The third-order valence-electron chi connectivity index (χ3n) is 3.82. The van der Waals surface area contributed by atoms with Crippen LogP contribution in [0.25, 0.3) is 0 Å². The second-order valence-electron chi connectivity index (χ2n) is 5.71. The maximum atomic E-state index is 13.2. The summed E-state index contributed by atoms with van der Waals surface area (Å²) in [7, 11) is 0. The lowest BCUT2D eigenvalue weighted by Crippen LogP contribution is -2.39. The normalized spacial score (nSPS) is 15.0. The highest BCUT2D eigenvalue weighted by Gasteiger charge is 2.18. The Morgan fingerprint density at radius 2 is 2.25 bits per heavy atom. The van der Waals surface area contributed by atoms with Gasteiger partial charge in [-0.3, -0.25) is 4.79 Å². The van der Waals surface area contributed by atoms with Crippen molar-refractivity contribution in [2.24, 2.45) is 4.99 Å². The van der Waals surface area contributed by atoms with Crippen LogP contribution >= 0.6 is 11.6 Å². The molecule has 1 heterocycles. The van der Waals surface area contributed by atoms with Crippen molar-refractivity contribution in [2.45, 2.75) is 32.7 Å². The Morgan fingerprint density at radius 3 is 2.92 bits per heavy atom. The monoisotopic (exact) mass is 354 g/mol. The Kier molecular flexibility index (Phi) is 7.31. The molecule has 2 N–H and O–H groups in total. The molecule has 1 saturated heterocycles. The predicted octanol–water partition coefficient (Wildman–Crippen LogP) is 2.55. The lowest BCUT2D eigenvalue weighted by Gasteiger charge is -2.16. The van der Waals surface area contributed by atoms with Crippen molar-refractivity contribution < 1.29 is 9.18 Å². The molecule has 0 aromatic heterocycles. The van der Waals surface area contributed by atoms with Gasteiger partial charge in [0.25, 0.3) is 0 Å². The second-order valence-corrected chi connectivity index (χ2v) is 6.12. The highest BCUT2D eigenvalue weighted by atomic mass is 35.5. The summed E-state index contributed by atoms with van der Waals surface area (Å²) in [5.41, 5.74) is 0.848. The molecule has 5 nitrogen and oxygen atoms in total. The number of guanidine groups is 1. The van der Waals surface area contributed by atoms with Crippen molar-refractivity contribution in [2.75, 3.05) is 26.2 Å². The molecular formula is C17H24ClFN4O. The molecule has 1 aliphatic heterocycles. The molecule has 0 saturated carbocycles. The van der Waals surface area contributed by atoms with Crippen LogP contribution in [0.15, 0.2) is 23.2 Å². The largest absolute Gasteiger partial charge is 0.357 e. The Bertz CT molecular complexity index is 594. The van der Waals surface area contributed by atoms with E-state index in [4.69, 9.17) is 11.6 Å². The molecule has 0 spiro atoms. The first-order valence-electron chi connectivity index (χ1n) is 8.34. The lowest BCUT2D eigenvalue weighted by atomic mass is 10.2. The number of carbonyl (C=O) groups excluding carboxylic acids is 1. The zero-order valence-electron chi connectivity index (χ0n) is 13.9. The smallest absolute Gasteiger partial charge is 0.222 e. The average Bonchev–Trinajstić information content (AvgIpc) is 2.97. The van der Waals surface area contributed by atoms with Gasteiger partial charge in [0, 0.05) is 32.6 Å². The fourth-order valence-corrected chi connectivity index (χ4v) is 2.77. The number of benzene rings is 1. The van der Waals surface area contributed by atoms with Crippen LogP contribution in [-0.4, -0.2) is 42.9 Å². The van der Waals surface area contributed by atoms with E-state index in [0.29, 0.717) is 18.9 Å². The number of carbonyl (C=O) groups is 1. The average molecular weight is 355 g/mol. The van der Waals surface area contributed by atoms with E-state index in [9.17, 15) is 9.18 Å². The fraction of sp³-hybridized carbons (Fsp3) is 0.529. The lowest BCUT2D eigenvalue weighted by molar-refractivity contribution is -0.127. The summed E-state index contributed by atoms with van der Waals surface area (Å²) in [5.74, 6) is 0.528. The van der Waals surface area contributed by atoms with Gasteiger partial charge in [-0.05, 0) is 37.5 Å². The van der Waals surface area contributed by atoms with Crippen LogP contribution in [-0.2, 0) is 11.3 Å². The van der Waals surface area contributed by atoms with Crippen molar-refractivity contribution in [3.63, 3.8) is 0 Å². The van der Waals surface area contributed by atoms with Crippen molar-refractivity contribution in [3.8, 4) is 0 Å². The molecule has 1 aromatic rings. The van der Waals surface area contributed by atoms with E-state index >= 15 is 0 Å². The minimum atomic E-state index is -0.425. The second kappa shape index (κ2) is 9.47. The van der Waals surface area contributed by atoms with Gasteiger partial charge in [0.2, 0.25) is 5.91 Å². The number of hydrogen-bond donors (Lipinski definition) is 2. The summed E-state index contributed by atoms with van der Waals surface area (Å²) < 4.78 is 13.2. The van der Waals surface area contributed by atoms with E-state index in [1.807, 2.05) is 11.8 Å². The molecule has 24 heavy (non-hydrogen) atoms. The Labute approximate surface area is 147 Å². The fourth-order valence-electron chi connectivity index (χ4n) is 2.57. The molecule has 2 rings (SSSR count). The highest BCUT2D eigenvalue weighted by Crippen LogP contribution is 2.16. The number of rotatable bonds is 7. The third kappa shape index (κ3) is 5.67. The van der Waals surface area contributed by atoms with Gasteiger partial charge in [0.15, 0.2) is 5.96 Å². The summed E-state index contributed by atoms with van der Waals surface area (Å²) in [6.45, 7) is 5.55. The standard InChI is InChI=1S/C17H24ClFN4O/c1-2-20-17(21-8-4-10-23-9-3-5-16(23)24)22-12-13-6-7-15(19)14(18)11-13/h6-7,11H,2-5,8-10,12H2,1H3,(H2,20,21,22).